The number of ether oxygens (including phenoxy) is 2. The Kier molecular flexibility index (Phi) is 9.10. The van der Waals surface area contributed by atoms with Crippen molar-refractivity contribution in [3.8, 4) is 0 Å². The lowest BCUT2D eigenvalue weighted by Crippen LogP contribution is -2.57. The Bertz CT molecular complexity index is 886. The van der Waals surface area contributed by atoms with Gasteiger partial charge in [-0.05, 0) is 104 Å². The van der Waals surface area contributed by atoms with Crippen molar-refractivity contribution >= 4 is 16.6 Å². The summed E-state index contributed by atoms with van der Waals surface area (Å²) >= 11 is 0. The molecule has 0 aromatic rings. The van der Waals surface area contributed by atoms with Gasteiger partial charge in [-0.1, -0.05) is 55.4 Å². The van der Waals surface area contributed by atoms with E-state index in [2.05, 4.69) is 81.6 Å². The van der Waals surface area contributed by atoms with Crippen LogP contribution in [0.3, 0.4) is 0 Å². The summed E-state index contributed by atoms with van der Waals surface area (Å²) in [5, 5.41) is 11.4. The van der Waals surface area contributed by atoms with Crippen molar-refractivity contribution in [1.29, 1.82) is 0 Å². The molecule has 7 heteroatoms. The fourth-order valence-electron chi connectivity index (χ4n) is 8.60. The van der Waals surface area contributed by atoms with Gasteiger partial charge in [-0.2, -0.15) is 0 Å². The Morgan fingerprint density at radius 2 is 1.38 bits per heavy atom. The second kappa shape index (κ2) is 11.0. The summed E-state index contributed by atoms with van der Waals surface area (Å²) in [4.78, 5) is 0. The van der Waals surface area contributed by atoms with Crippen LogP contribution >= 0.6 is 0 Å². The van der Waals surface area contributed by atoms with Crippen LogP contribution in [0.5, 0.6) is 0 Å². The number of aliphatic hydroxyl groups is 1. The molecular formula is C33H64O5Si2. The van der Waals surface area contributed by atoms with E-state index in [4.69, 9.17) is 18.3 Å². The van der Waals surface area contributed by atoms with Crippen LogP contribution in [0, 0.1) is 34.5 Å². The predicted octanol–water partition coefficient (Wildman–Crippen LogP) is 8.38. The van der Waals surface area contributed by atoms with Crippen molar-refractivity contribution in [3.63, 3.8) is 0 Å². The third-order valence-electron chi connectivity index (χ3n) is 13.5. The van der Waals surface area contributed by atoms with Crippen LogP contribution in [0.1, 0.15) is 100 Å². The van der Waals surface area contributed by atoms with Crippen molar-refractivity contribution < 1.29 is 23.4 Å². The molecule has 7 atom stereocenters. The van der Waals surface area contributed by atoms with Crippen LogP contribution in [0.4, 0.5) is 0 Å². The molecule has 1 saturated heterocycles. The molecule has 3 saturated carbocycles. The highest BCUT2D eigenvalue weighted by molar-refractivity contribution is 6.74. The van der Waals surface area contributed by atoms with Crippen molar-refractivity contribution in [1.82, 2.24) is 0 Å². The van der Waals surface area contributed by atoms with E-state index < -0.39 is 22.4 Å². The molecule has 0 bridgehead atoms. The first-order chi connectivity index (χ1) is 18.2. The normalized spacial score (nSPS) is 39.1. The molecule has 0 amide bonds. The average molecular weight is 597 g/mol. The van der Waals surface area contributed by atoms with E-state index in [0.29, 0.717) is 37.1 Å². The topological polar surface area (TPSA) is 57.2 Å². The molecule has 1 N–H and O–H groups in total. The zero-order chi connectivity index (χ0) is 30.0. The molecule has 3 aliphatic carbocycles. The minimum Gasteiger partial charge on any atom is -0.417 e. The molecule has 40 heavy (non-hydrogen) atoms. The van der Waals surface area contributed by atoms with E-state index in [1.54, 1.807) is 0 Å². The van der Waals surface area contributed by atoms with Crippen molar-refractivity contribution in [2.24, 2.45) is 34.5 Å². The number of rotatable bonds is 7. The molecule has 0 unspecified atom stereocenters. The summed E-state index contributed by atoms with van der Waals surface area (Å²) in [5.41, 5.74) is 0.108. The summed E-state index contributed by atoms with van der Waals surface area (Å²) in [5.74, 6) is 1.20. The third-order valence-corrected chi connectivity index (χ3v) is 22.5. The van der Waals surface area contributed by atoms with E-state index in [1.165, 1.54) is 0 Å². The Balaban J connectivity index is 1.61. The molecule has 5 nitrogen and oxygen atoms in total. The lowest BCUT2D eigenvalue weighted by molar-refractivity contribution is -0.245. The minimum absolute atomic E-state index is 0.0143. The van der Waals surface area contributed by atoms with Crippen LogP contribution in [0.25, 0.3) is 0 Å². The summed E-state index contributed by atoms with van der Waals surface area (Å²) in [6.07, 6.45) is 7.96. The zero-order valence-corrected chi connectivity index (χ0v) is 30.2. The molecule has 0 aromatic heterocycles. The van der Waals surface area contributed by atoms with Gasteiger partial charge in [-0.15, -0.1) is 0 Å². The lowest BCUT2D eigenvalue weighted by Gasteiger charge is -2.58. The minimum atomic E-state index is -1.89. The largest absolute Gasteiger partial charge is 0.417 e. The van der Waals surface area contributed by atoms with Gasteiger partial charge >= 0.3 is 0 Å². The van der Waals surface area contributed by atoms with Gasteiger partial charge in [0.05, 0.1) is 13.2 Å². The van der Waals surface area contributed by atoms with Crippen molar-refractivity contribution in [3.05, 3.63) is 0 Å². The number of hydrogen-bond acceptors (Lipinski definition) is 5. The first-order valence-corrected chi connectivity index (χ1v) is 22.3. The maximum Gasteiger partial charge on any atom is 0.192 e. The first-order valence-electron chi connectivity index (χ1n) is 16.4. The highest BCUT2D eigenvalue weighted by Crippen LogP contribution is 2.67. The summed E-state index contributed by atoms with van der Waals surface area (Å²) in [6.45, 7) is 31.1. The zero-order valence-electron chi connectivity index (χ0n) is 28.2. The highest BCUT2D eigenvalue weighted by Gasteiger charge is 2.66. The molecule has 0 radical (unpaired) electrons. The molecule has 4 fully saturated rings. The van der Waals surface area contributed by atoms with Crippen molar-refractivity contribution in [2.75, 3.05) is 26.4 Å². The Morgan fingerprint density at radius 3 is 1.93 bits per heavy atom. The van der Waals surface area contributed by atoms with Gasteiger partial charge in [-0.25, -0.2) is 0 Å². The maximum absolute atomic E-state index is 11.0. The molecule has 234 valence electrons. The van der Waals surface area contributed by atoms with Crippen LogP contribution in [-0.2, 0) is 18.3 Å². The number of hydrogen-bond donors (Lipinski definition) is 1. The highest BCUT2D eigenvalue weighted by atomic mass is 28.4. The summed E-state index contributed by atoms with van der Waals surface area (Å²) in [7, 11) is -3.76. The van der Waals surface area contributed by atoms with E-state index >= 15 is 0 Å². The van der Waals surface area contributed by atoms with Gasteiger partial charge in [0.15, 0.2) is 22.4 Å². The monoisotopic (exact) mass is 596 g/mol. The fourth-order valence-corrected chi connectivity index (χ4v) is 11.1. The molecule has 1 spiro atoms. The first kappa shape index (κ1) is 33.1. The number of aliphatic hydroxyl groups excluding tert-OH is 1. The Labute approximate surface area is 249 Å². The van der Waals surface area contributed by atoms with E-state index in [0.717, 1.165) is 51.6 Å². The van der Waals surface area contributed by atoms with Gasteiger partial charge < -0.3 is 23.4 Å². The Hall–Kier alpha value is 0.234. The SMILES string of the molecule is CC(C)(C)[Si](C)(C)OC[C@H]1C[C@@H](O[Si](C)(C)C(C)(C)C)CC[C@@]1(C)[C@H]1CC[C@@]2(C)[C@@H](CCC23OCCO3)[C@@H]1CO. The standard InChI is InChI=1S/C33H64O5Si2/c1-29(2,3)39(9,10)37-23-24-21-25(38-40(11,12)30(4,5)6)13-16-31(24,7)27-14-17-32(8)28(26(27)22-34)15-18-33(32)35-19-20-36-33/h24-28,34H,13-23H2,1-12H3/t24-,25+,26-,27+,28+,31-,32+/m1/s1. The molecule has 1 heterocycles. The quantitative estimate of drug-likeness (QED) is 0.299. The van der Waals surface area contributed by atoms with E-state index in [1.807, 2.05) is 0 Å². The van der Waals surface area contributed by atoms with Gasteiger partial charge in [-0.3, -0.25) is 0 Å². The maximum atomic E-state index is 11.0. The van der Waals surface area contributed by atoms with E-state index in [9.17, 15) is 5.11 Å². The number of fused-ring (bicyclic) bond motifs is 2. The lowest BCUT2D eigenvalue weighted by atomic mass is 9.49. The second-order valence-electron chi connectivity index (χ2n) is 17.6. The predicted molar refractivity (Wildman–Crippen MR) is 169 cm³/mol. The summed E-state index contributed by atoms with van der Waals surface area (Å²) in [6, 6.07) is 0. The smallest absolute Gasteiger partial charge is 0.192 e. The molecule has 1 aliphatic heterocycles. The Morgan fingerprint density at radius 1 is 0.800 bits per heavy atom. The fraction of sp³-hybridized carbons (Fsp3) is 1.00. The molecule has 0 aromatic carbocycles. The second-order valence-corrected chi connectivity index (χ2v) is 27.1. The molecule has 4 rings (SSSR count). The van der Waals surface area contributed by atoms with Crippen LogP contribution in [0.2, 0.25) is 36.3 Å². The van der Waals surface area contributed by atoms with Gasteiger partial charge in [0, 0.05) is 31.2 Å². The molecular weight excluding hydrogens is 533 g/mol. The average Bonchev–Trinajstić information content (AvgIpc) is 3.43. The van der Waals surface area contributed by atoms with Crippen LogP contribution in [-0.4, -0.2) is 60.1 Å². The van der Waals surface area contributed by atoms with Crippen LogP contribution in [0.15, 0.2) is 0 Å². The van der Waals surface area contributed by atoms with Gasteiger partial charge in [0.25, 0.3) is 0 Å². The summed E-state index contributed by atoms with van der Waals surface area (Å²) < 4.78 is 26.8. The van der Waals surface area contributed by atoms with Gasteiger partial charge in [0.1, 0.15) is 0 Å². The third kappa shape index (κ3) is 5.61. The molecule has 4 aliphatic rings. The van der Waals surface area contributed by atoms with E-state index in [-0.39, 0.29) is 33.4 Å². The van der Waals surface area contributed by atoms with Crippen LogP contribution < -0.4 is 0 Å². The van der Waals surface area contributed by atoms with Gasteiger partial charge in [0.2, 0.25) is 0 Å². The van der Waals surface area contributed by atoms with Crippen molar-refractivity contribution in [2.45, 2.75) is 148 Å².